The molecule has 1 aromatic carbocycles. The largest absolute Gasteiger partial charge is 0.462 e. The molecule has 0 aliphatic carbocycles. The number of nitrogens with zero attached hydrogens (tertiary/aromatic N) is 3. The molecule has 162 valence electrons. The average molecular weight is 441 g/mol. The fraction of sp³-hybridized carbons (Fsp3) is 0.364. The van der Waals surface area contributed by atoms with Crippen LogP contribution >= 0.6 is 11.3 Å². The standard InChI is InChI=1S/C22H24N4O4S/c1-4-30-22(28)15-7-5-6-8-16(15)25-20(27)18-13(2)17-19(26-9-11-29-12-10-26)23-14(3)24-21(17)31-18/h5-8H,4,9-12H2,1-3H3,(H,25,27). The summed E-state index contributed by atoms with van der Waals surface area (Å²) in [4.78, 5) is 38.2. The van der Waals surface area contributed by atoms with E-state index in [0.29, 0.717) is 35.2 Å². The van der Waals surface area contributed by atoms with E-state index >= 15 is 0 Å². The molecule has 8 nitrogen and oxygen atoms in total. The lowest BCUT2D eigenvalue weighted by Gasteiger charge is -2.28. The third kappa shape index (κ3) is 4.24. The number of hydrogen-bond acceptors (Lipinski definition) is 8. The number of esters is 1. The zero-order chi connectivity index (χ0) is 22.0. The van der Waals surface area contributed by atoms with E-state index in [1.54, 1.807) is 31.2 Å². The van der Waals surface area contributed by atoms with Crippen LogP contribution in [0.2, 0.25) is 0 Å². The number of anilines is 2. The summed E-state index contributed by atoms with van der Waals surface area (Å²) in [5, 5.41) is 3.76. The molecule has 31 heavy (non-hydrogen) atoms. The van der Waals surface area contributed by atoms with Crippen molar-refractivity contribution >= 4 is 44.9 Å². The molecule has 1 N–H and O–H groups in total. The molecule has 3 heterocycles. The number of hydrogen-bond donors (Lipinski definition) is 1. The summed E-state index contributed by atoms with van der Waals surface area (Å²) >= 11 is 1.33. The predicted octanol–water partition coefficient (Wildman–Crippen LogP) is 3.57. The van der Waals surface area contributed by atoms with Crippen molar-refractivity contribution in [3.05, 3.63) is 46.1 Å². The summed E-state index contributed by atoms with van der Waals surface area (Å²) in [5.41, 5.74) is 1.56. The van der Waals surface area contributed by atoms with Gasteiger partial charge in [0.25, 0.3) is 5.91 Å². The van der Waals surface area contributed by atoms with E-state index in [9.17, 15) is 9.59 Å². The Balaban J connectivity index is 1.70. The summed E-state index contributed by atoms with van der Waals surface area (Å²) in [7, 11) is 0. The number of morpholine rings is 1. The Kier molecular flexibility index (Phi) is 6.15. The highest BCUT2D eigenvalue weighted by Crippen LogP contribution is 2.36. The van der Waals surface area contributed by atoms with Crippen LogP contribution in [0, 0.1) is 13.8 Å². The van der Waals surface area contributed by atoms with E-state index in [4.69, 9.17) is 9.47 Å². The minimum absolute atomic E-state index is 0.263. The Labute approximate surface area is 184 Å². The van der Waals surface area contributed by atoms with Gasteiger partial charge in [0.15, 0.2) is 0 Å². The molecule has 1 fully saturated rings. The number of aryl methyl sites for hydroxylation is 2. The Morgan fingerprint density at radius 1 is 1.19 bits per heavy atom. The first-order valence-corrected chi connectivity index (χ1v) is 11.0. The lowest BCUT2D eigenvalue weighted by atomic mass is 10.1. The third-order valence-corrected chi connectivity index (χ3v) is 6.25. The topological polar surface area (TPSA) is 93.6 Å². The zero-order valence-corrected chi connectivity index (χ0v) is 18.5. The Bertz CT molecular complexity index is 1140. The van der Waals surface area contributed by atoms with Crippen molar-refractivity contribution in [2.45, 2.75) is 20.8 Å². The molecular formula is C22H24N4O4S. The number of thiophene rings is 1. The molecule has 1 amide bonds. The fourth-order valence-corrected chi connectivity index (χ4v) is 4.72. The molecule has 0 saturated carbocycles. The summed E-state index contributed by atoms with van der Waals surface area (Å²) in [6.45, 7) is 8.55. The molecule has 0 radical (unpaired) electrons. The molecule has 0 spiro atoms. The van der Waals surface area contributed by atoms with Crippen LogP contribution in [-0.4, -0.2) is 54.8 Å². The maximum absolute atomic E-state index is 13.2. The quantitative estimate of drug-likeness (QED) is 0.606. The number of rotatable bonds is 5. The molecule has 0 bridgehead atoms. The Hall–Kier alpha value is -3.04. The summed E-state index contributed by atoms with van der Waals surface area (Å²) in [6, 6.07) is 6.83. The van der Waals surface area contributed by atoms with Gasteiger partial charge in [0.1, 0.15) is 16.5 Å². The molecule has 0 atom stereocenters. The molecule has 4 rings (SSSR count). The number of carbonyl (C=O) groups excluding carboxylic acids is 2. The number of carbonyl (C=O) groups is 2. The van der Waals surface area contributed by atoms with Crippen LogP contribution in [0.3, 0.4) is 0 Å². The molecule has 9 heteroatoms. The first kappa shape index (κ1) is 21.2. The van der Waals surface area contributed by atoms with Gasteiger partial charge in [-0.15, -0.1) is 11.3 Å². The van der Waals surface area contributed by atoms with E-state index in [-0.39, 0.29) is 12.5 Å². The highest BCUT2D eigenvalue weighted by Gasteiger charge is 2.24. The van der Waals surface area contributed by atoms with Crippen LogP contribution in [-0.2, 0) is 9.47 Å². The molecule has 0 unspecified atom stereocenters. The van der Waals surface area contributed by atoms with Crippen molar-refractivity contribution in [1.82, 2.24) is 9.97 Å². The Morgan fingerprint density at radius 2 is 1.94 bits per heavy atom. The van der Waals surface area contributed by atoms with Crippen molar-refractivity contribution in [2.24, 2.45) is 0 Å². The maximum atomic E-state index is 13.2. The number of benzene rings is 1. The number of ether oxygens (including phenoxy) is 2. The first-order valence-electron chi connectivity index (χ1n) is 10.2. The fourth-order valence-electron chi connectivity index (χ4n) is 3.60. The van der Waals surface area contributed by atoms with Crippen molar-refractivity contribution in [3.8, 4) is 0 Å². The highest BCUT2D eigenvalue weighted by molar-refractivity contribution is 7.20. The summed E-state index contributed by atoms with van der Waals surface area (Å²) in [6.07, 6.45) is 0. The minimum atomic E-state index is -0.470. The van der Waals surface area contributed by atoms with Gasteiger partial charge < -0.3 is 19.7 Å². The van der Waals surface area contributed by atoms with Crippen molar-refractivity contribution in [1.29, 1.82) is 0 Å². The summed E-state index contributed by atoms with van der Waals surface area (Å²) < 4.78 is 10.6. The smallest absolute Gasteiger partial charge is 0.340 e. The van der Waals surface area contributed by atoms with Gasteiger partial charge in [-0.05, 0) is 38.5 Å². The molecule has 1 aliphatic rings. The monoisotopic (exact) mass is 440 g/mol. The number of aromatic nitrogens is 2. The summed E-state index contributed by atoms with van der Waals surface area (Å²) in [5.74, 6) is 0.741. The van der Waals surface area contributed by atoms with Crippen LogP contribution in [0.25, 0.3) is 10.2 Å². The number of amides is 1. The van der Waals surface area contributed by atoms with Crippen LogP contribution in [0.15, 0.2) is 24.3 Å². The maximum Gasteiger partial charge on any atom is 0.340 e. The number of fused-ring (bicyclic) bond motifs is 1. The molecular weight excluding hydrogens is 416 g/mol. The van der Waals surface area contributed by atoms with Gasteiger partial charge in [0.2, 0.25) is 0 Å². The van der Waals surface area contributed by atoms with Gasteiger partial charge >= 0.3 is 5.97 Å². The highest BCUT2D eigenvalue weighted by atomic mass is 32.1. The lowest BCUT2D eigenvalue weighted by Crippen LogP contribution is -2.37. The second kappa shape index (κ2) is 8.99. The molecule has 3 aromatic rings. The van der Waals surface area contributed by atoms with E-state index in [1.165, 1.54) is 11.3 Å². The van der Waals surface area contributed by atoms with Crippen molar-refractivity contribution in [3.63, 3.8) is 0 Å². The number of nitrogens with one attached hydrogen (secondary N) is 1. The second-order valence-electron chi connectivity index (χ2n) is 7.15. The molecule has 1 saturated heterocycles. The lowest BCUT2D eigenvalue weighted by molar-refractivity contribution is 0.0527. The second-order valence-corrected chi connectivity index (χ2v) is 8.15. The van der Waals surface area contributed by atoms with Gasteiger partial charge in [-0.3, -0.25) is 4.79 Å². The third-order valence-electron chi connectivity index (χ3n) is 5.07. The van der Waals surface area contributed by atoms with E-state index in [1.807, 2.05) is 13.8 Å². The van der Waals surface area contributed by atoms with Crippen LogP contribution in [0.5, 0.6) is 0 Å². The van der Waals surface area contributed by atoms with Gasteiger partial charge in [0, 0.05) is 13.1 Å². The van der Waals surface area contributed by atoms with E-state index in [2.05, 4.69) is 20.2 Å². The van der Waals surface area contributed by atoms with Crippen molar-refractivity contribution in [2.75, 3.05) is 43.1 Å². The Morgan fingerprint density at radius 3 is 2.68 bits per heavy atom. The van der Waals surface area contributed by atoms with Crippen LogP contribution < -0.4 is 10.2 Å². The predicted molar refractivity (Wildman–Crippen MR) is 120 cm³/mol. The van der Waals surface area contributed by atoms with Gasteiger partial charge in [-0.1, -0.05) is 12.1 Å². The van der Waals surface area contributed by atoms with Gasteiger partial charge in [-0.25, -0.2) is 14.8 Å². The SMILES string of the molecule is CCOC(=O)c1ccccc1NC(=O)c1sc2nc(C)nc(N3CCOCC3)c2c1C. The van der Waals surface area contributed by atoms with Crippen molar-refractivity contribution < 1.29 is 19.1 Å². The number of para-hydroxylation sites is 1. The van der Waals surface area contributed by atoms with E-state index < -0.39 is 5.97 Å². The average Bonchev–Trinajstić information content (AvgIpc) is 3.10. The normalized spacial score (nSPS) is 14.0. The zero-order valence-electron chi connectivity index (χ0n) is 17.7. The molecule has 2 aromatic heterocycles. The minimum Gasteiger partial charge on any atom is -0.462 e. The van der Waals surface area contributed by atoms with Crippen LogP contribution in [0.1, 0.15) is 38.3 Å². The van der Waals surface area contributed by atoms with E-state index in [0.717, 1.165) is 34.7 Å². The van der Waals surface area contributed by atoms with Gasteiger partial charge in [0.05, 0.1) is 41.3 Å². The van der Waals surface area contributed by atoms with Gasteiger partial charge in [-0.2, -0.15) is 0 Å². The first-order chi connectivity index (χ1) is 15.0. The molecule has 1 aliphatic heterocycles. The van der Waals surface area contributed by atoms with Crippen LogP contribution in [0.4, 0.5) is 11.5 Å².